The molecule has 47 heavy (non-hydrogen) atoms. The minimum Gasteiger partial charge on any atom is -0.466 e. The van der Waals surface area contributed by atoms with Crippen molar-refractivity contribution in [2.24, 2.45) is 0 Å². The first-order chi connectivity index (χ1) is 23.2. The molecule has 5 heteroatoms. The highest BCUT2D eigenvalue weighted by Gasteiger charge is 2.06. The summed E-state index contributed by atoms with van der Waals surface area (Å²) in [5.41, 5.74) is 0. The highest BCUT2D eigenvalue weighted by molar-refractivity contribution is 7.99. The molecule has 0 atom stereocenters. The van der Waals surface area contributed by atoms with E-state index in [-0.39, 0.29) is 11.9 Å². The Morgan fingerprint density at radius 2 is 0.681 bits per heavy atom. The van der Waals surface area contributed by atoms with Gasteiger partial charge in [-0.1, -0.05) is 154 Å². The molecule has 0 fully saturated rings. The van der Waals surface area contributed by atoms with Gasteiger partial charge in [0.25, 0.3) is 0 Å². The molecule has 0 N–H and O–H groups in total. The van der Waals surface area contributed by atoms with Crippen molar-refractivity contribution in [3.05, 3.63) is 24.3 Å². The highest BCUT2D eigenvalue weighted by Crippen LogP contribution is 2.12. The molecule has 276 valence electrons. The number of unbranched alkanes of at least 4 members (excludes halogenated alkanes) is 24. The standard InChI is InChI=1S/C42H78O4S/c1-3-5-7-9-11-13-15-17-19-21-23-25-27-29-31-33-37-45-41(43)35-39-47-40-36-42(44)46-38-34-32-30-28-26-24-22-20-18-16-14-12-10-8-6-4-2/h17-20H,3-16,21-40H2,1-2H3/b19-17-,20-18-. The third kappa shape index (κ3) is 40.9. The number of hydrogen-bond acceptors (Lipinski definition) is 5. The van der Waals surface area contributed by atoms with Gasteiger partial charge in [-0.2, -0.15) is 11.8 Å². The summed E-state index contributed by atoms with van der Waals surface area (Å²) in [4.78, 5) is 23.9. The molecule has 0 aromatic heterocycles. The van der Waals surface area contributed by atoms with Crippen LogP contribution < -0.4 is 0 Å². The summed E-state index contributed by atoms with van der Waals surface area (Å²) in [7, 11) is 0. The van der Waals surface area contributed by atoms with Gasteiger partial charge in [0.2, 0.25) is 0 Å². The van der Waals surface area contributed by atoms with Gasteiger partial charge >= 0.3 is 11.9 Å². The van der Waals surface area contributed by atoms with Crippen LogP contribution in [0.25, 0.3) is 0 Å². The summed E-state index contributed by atoms with van der Waals surface area (Å²) in [6.45, 7) is 5.61. The Morgan fingerprint density at radius 1 is 0.404 bits per heavy atom. The Kier molecular flexibility index (Phi) is 39.9. The Bertz CT molecular complexity index is 647. The maximum Gasteiger partial charge on any atom is 0.306 e. The number of thioether (sulfide) groups is 1. The van der Waals surface area contributed by atoms with Crippen LogP contribution in [0.1, 0.15) is 206 Å². The summed E-state index contributed by atoms with van der Waals surface area (Å²) in [5, 5.41) is 0. The average Bonchev–Trinajstić information content (AvgIpc) is 3.07. The molecule has 0 unspecified atom stereocenters. The molecule has 0 spiro atoms. The maximum atomic E-state index is 11.9. The quantitative estimate of drug-likeness (QED) is 0.0369. The minimum atomic E-state index is -0.118. The van der Waals surface area contributed by atoms with Crippen LogP contribution in [0.4, 0.5) is 0 Å². The van der Waals surface area contributed by atoms with Crippen molar-refractivity contribution >= 4 is 23.7 Å². The minimum absolute atomic E-state index is 0.118. The SMILES string of the molecule is CCCCCCCC/C=C\CCCCCCCCOC(=O)CCSCCC(=O)OCCCCCCCC/C=C\CCCCCCCC. The molecule has 0 saturated heterocycles. The lowest BCUT2D eigenvalue weighted by Gasteiger charge is -2.06. The molecule has 0 amide bonds. The average molecular weight is 679 g/mol. The molecule has 0 aliphatic heterocycles. The number of hydrogen-bond donors (Lipinski definition) is 0. The molecular formula is C42H78O4S. The van der Waals surface area contributed by atoms with Crippen molar-refractivity contribution in [3.8, 4) is 0 Å². The van der Waals surface area contributed by atoms with Gasteiger partial charge in [0.15, 0.2) is 0 Å². The number of carbonyl (C=O) groups excluding carboxylic acids is 2. The first kappa shape index (κ1) is 45.8. The van der Waals surface area contributed by atoms with E-state index < -0.39 is 0 Å². The molecule has 0 aliphatic rings. The fourth-order valence-electron chi connectivity index (χ4n) is 5.63. The van der Waals surface area contributed by atoms with Crippen LogP contribution in [0.5, 0.6) is 0 Å². The van der Waals surface area contributed by atoms with Crippen molar-refractivity contribution in [3.63, 3.8) is 0 Å². The predicted molar refractivity (Wildman–Crippen MR) is 207 cm³/mol. The maximum absolute atomic E-state index is 11.9. The van der Waals surface area contributed by atoms with Crippen LogP contribution in [-0.2, 0) is 19.1 Å². The van der Waals surface area contributed by atoms with Crippen molar-refractivity contribution < 1.29 is 19.1 Å². The molecule has 4 nitrogen and oxygen atoms in total. The molecule has 0 bridgehead atoms. The fourth-order valence-corrected chi connectivity index (χ4v) is 6.45. The topological polar surface area (TPSA) is 52.6 Å². The van der Waals surface area contributed by atoms with Crippen LogP contribution in [0.15, 0.2) is 24.3 Å². The molecule has 0 saturated carbocycles. The second-order valence-electron chi connectivity index (χ2n) is 13.4. The third-order valence-corrected chi connectivity index (χ3v) is 9.73. The Balaban J connectivity index is 3.31. The monoisotopic (exact) mass is 679 g/mol. The van der Waals surface area contributed by atoms with Gasteiger partial charge in [0.1, 0.15) is 0 Å². The van der Waals surface area contributed by atoms with Crippen LogP contribution >= 0.6 is 11.8 Å². The zero-order valence-corrected chi connectivity index (χ0v) is 32.2. The largest absolute Gasteiger partial charge is 0.466 e. The van der Waals surface area contributed by atoms with E-state index in [0.29, 0.717) is 37.6 Å². The van der Waals surface area contributed by atoms with Crippen molar-refractivity contribution in [1.82, 2.24) is 0 Å². The molecule has 0 rings (SSSR count). The summed E-state index contributed by atoms with van der Waals surface area (Å²) in [5.74, 6) is 1.17. The van der Waals surface area contributed by atoms with Gasteiger partial charge in [-0.05, 0) is 64.2 Å². The lowest BCUT2D eigenvalue weighted by atomic mass is 10.1. The predicted octanol–water partition coefficient (Wildman–Crippen LogP) is 13.7. The smallest absolute Gasteiger partial charge is 0.306 e. The fraction of sp³-hybridized carbons (Fsp3) is 0.857. The molecule has 0 aromatic rings. The van der Waals surface area contributed by atoms with Gasteiger partial charge in [-0.25, -0.2) is 0 Å². The zero-order chi connectivity index (χ0) is 34.1. The number of rotatable bonds is 38. The van der Waals surface area contributed by atoms with Crippen LogP contribution in [0.2, 0.25) is 0 Å². The normalized spacial score (nSPS) is 11.6. The number of allylic oxidation sites excluding steroid dienone is 4. The van der Waals surface area contributed by atoms with Crippen molar-refractivity contribution in [2.75, 3.05) is 24.7 Å². The second kappa shape index (κ2) is 40.9. The van der Waals surface area contributed by atoms with Crippen molar-refractivity contribution in [2.45, 2.75) is 206 Å². The van der Waals surface area contributed by atoms with Gasteiger partial charge < -0.3 is 9.47 Å². The molecular weight excluding hydrogens is 601 g/mol. The number of carbonyl (C=O) groups is 2. The summed E-state index contributed by atoms with van der Waals surface area (Å²) in [6, 6.07) is 0. The van der Waals surface area contributed by atoms with Gasteiger partial charge in [0.05, 0.1) is 26.1 Å². The summed E-state index contributed by atoms with van der Waals surface area (Å²) < 4.78 is 10.8. The molecule has 0 radical (unpaired) electrons. The molecule has 0 aromatic carbocycles. The first-order valence-corrected chi connectivity index (χ1v) is 21.5. The van der Waals surface area contributed by atoms with E-state index in [1.165, 1.54) is 154 Å². The molecule has 0 aliphatic carbocycles. The van der Waals surface area contributed by atoms with E-state index in [1.807, 2.05) is 0 Å². The first-order valence-electron chi connectivity index (χ1n) is 20.4. The van der Waals surface area contributed by atoms with Crippen LogP contribution in [0.3, 0.4) is 0 Å². The van der Waals surface area contributed by atoms with E-state index in [9.17, 15) is 9.59 Å². The van der Waals surface area contributed by atoms with E-state index in [4.69, 9.17) is 9.47 Å². The number of esters is 2. The molecule has 0 heterocycles. The van der Waals surface area contributed by atoms with Crippen LogP contribution in [0, 0.1) is 0 Å². The zero-order valence-electron chi connectivity index (χ0n) is 31.4. The van der Waals surface area contributed by atoms with Gasteiger partial charge in [-0.15, -0.1) is 0 Å². The second-order valence-corrected chi connectivity index (χ2v) is 14.7. The van der Waals surface area contributed by atoms with E-state index in [2.05, 4.69) is 38.2 Å². The number of ether oxygens (including phenoxy) is 2. The van der Waals surface area contributed by atoms with Crippen molar-refractivity contribution in [1.29, 1.82) is 0 Å². The van der Waals surface area contributed by atoms with Gasteiger partial charge in [0, 0.05) is 11.5 Å². The van der Waals surface area contributed by atoms with E-state index in [0.717, 1.165) is 25.7 Å². The summed E-state index contributed by atoms with van der Waals surface area (Å²) in [6.07, 6.45) is 46.1. The highest BCUT2D eigenvalue weighted by atomic mass is 32.2. The Hall–Kier alpha value is -1.23. The Morgan fingerprint density at radius 3 is 1.00 bits per heavy atom. The third-order valence-electron chi connectivity index (χ3n) is 8.74. The Labute approximate surface area is 297 Å². The lowest BCUT2D eigenvalue weighted by molar-refractivity contribution is -0.144. The van der Waals surface area contributed by atoms with E-state index in [1.54, 1.807) is 11.8 Å². The summed E-state index contributed by atoms with van der Waals surface area (Å²) >= 11 is 1.63. The van der Waals surface area contributed by atoms with Crippen LogP contribution in [-0.4, -0.2) is 36.7 Å². The van der Waals surface area contributed by atoms with Gasteiger partial charge in [-0.3, -0.25) is 9.59 Å². The van der Waals surface area contributed by atoms with E-state index >= 15 is 0 Å². The lowest BCUT2D eigenvalue weighted by Crippen LogP contribution is -2.09.